The molecule has 3 rings (SSSR count). The number of nitrogens with zero attached hydrogens (tertiary/aromatic N) is 1. The van der Waals surface area contributed by atoms with Gasteiger partial charge in [0.15, 0.2) is 6.29 Å². The van der Waals surface area contributed by atoms with Crippen molar-refractivity contribution in [3.05, 3.63) is 47.5 Å². The van der Waals surface area contributed by atoms with Crippen molar-refractivity contribution in [2.75, 3.05) is 24.7 Å². The van der Waals surface area contributed by atoms with Crippen LogP contribution in [-0.2, 0) is 9.47 Å². The lowest BCUT2D eigenvalue weighted by Crippen LogP contribution is -2.41. The number of halogens is 1. The summed E-state index contributed by atoms with van der Waals surface area (Å²) in [5, 5.41) is 11.4. The third kappa shape index (κ3) is 4.13. The van der Waals surface area contributed by atoms with Crippen LogP contribution in [0.2, 0.25) is 5.02 Å². The van der Waals surface area contributed by atoms with E-state index in [1.807, 2.05) is 44.2 Å². The summed E-state index contributed by atoms with van der Waals surface area (Å²) in [7, 11) is 0. The average Bonchev–Trinajstić information content (AvgIpc) is 2.61. The van der Waals surface area contributed by atoms with E-state index in [2.05, 4.69) is 17.0 Å². The summed E-state index contributed by atoms with van der Waals surface area (Å²) in [6, 6.07) is 14.0. The molecule has 0 fully saturated rings. The van der Waals surface area contributed by atoms with Gasteiger partial charge in [0.05, 0.1) is 17.9 Å². The molecule has 0 bridgehead atoms. The number of fused-ring (bicyclic) bond motifs is 2. The lowest BCUT2D eigenvalue weighted by atomic mass is 10.2. The molecular formula is C19H22ClNO3S. The molecule has 0 aromatic heterocycles. The number of β-amino-alcohol motifs (C(OH)–C–C–N with tert-alkyl or cyclic N) is 1. The maximum absolute atomic E-state index is 10.7. The van der Waals surface area contributed by atoms with E-state index in [0.29, 0.717) is 24.8 Å². The summed E-state index contributed by atoms with van der Waals surface area (Å²) in [5.41, 5.74) is 2.04. The maximum atomic E-state index is 10.7. The fraction of sp³-hybridized carbons (Fsp3) is 0.368. The van der Waals surface area contributed by atoms with Gasteiger partial charge in [0, 0.05) is 28.0 Å². The van der Waals surface area contributed by atoms with Gasteiger partial charge in [0.2, 0.25) is 0 Å². The van der Waals surface area contributed by atoms with Gasteiger partial charge >= 0.3 is 0 Å². The Morgan fingerprint density at radius 2 is 1.72 bits per heavy atom. The summed E-state index contributed by atoms with van der Waals surface area (Å²) in [6.07, 6.45) is -1.44. The Morgan fingerprint density at radius 1 is 1.04 bits per heavy atom. The van der Waals surface area contributed by atoms with Crippen LogP contribution >= 0.6 is 23.4 Å². The number of ether oxygens (including phenoxy) is 2. The molecule has 2 aromatic carbocycles. The van der Waals surface area contributed by atoms with Crippen LogP contribution < -0.4 is 4.90 Å². The number of rotatable bonds is 7. The summed E-state index contributed by atoms with van der Waals surface area (Å²) in [4.78, 5) is 4.34. The zero-order chi connectivity index (χ0) is 17.8. The van der Waals surface area contributed by atoms with Gasteiger partial charge in [-0.1, -0.05) is 35.5 Å². The minimum atomic E-state index is -0.789. The first-order valence-electron chi connectivity index (χ1n) is 8.39. The van der Waals surface area contributed by atoms with Crippen LogP contribution in [-0.4, -0.2) is 37.3 Å². The smallest absolute Gasteiger partial charge is 0.185 e. The Balaban J connectivity index is 1.93. The predicted molar refractivity (Wildman–Crippen MR) is 102 cm³/mol. The lowest BCUT2D eigenvalue weighted by Gasteiger charge is -2.35. The number of para-hydroxylation sites is 1. The Kier molecular flexibility index (Phi) is 6.25. The lowest BCUT2D eigenvalue weighted by molar-refractivity contribution is -0.186. The maximum Gasteiger partial charge on any atom is 0.185 e. The van der Waals surface area contributed by atoms with E-state index in [1.54, 1.807) is 11.8 Å². The molecule has 25 heavy (non-hydrogen) atoms. The van der Waals surface area contributed by atoms with Crippen LogP contribution in [0.25, 0.3) is 0 Å². The quantitative estimate of drug-likeness (QED) is 0.706. The van der Waals surface area contributed by atoms with Crippen molar-refractivity contribution in [3.8, 4) is 0 Å². The molecule has 0 aliphatic carbocycles. The van der Waals surface area contributed by atoms with Crippen LogP contribution in [0.15, 0.2) is 52.3 Å². The molecule has 1 aliphatic heterocycles. The Bertz CT molecular complexity index is 722. The van der Waals surface area contributed by atoms with E-state index in [1.165, 1.54) is 0 Å². The third-order valence-electron chi connectivity index (χ3n) is 3.93. The molecule has 0 radical (unpaired) electrons. The molecule has 6 heteroatoms. The second kappa shape index (κ2) is 8.43. The number of anilines is 2. The highest BCUT2D eigenvalue weighted by Gasteiger charge is 2.29. The van der Waals surface area contributed by atoms with Crippen LogP contribution in [0.3, 0.4) is 0 Å². The highest BCUT2D eigenvalue weighted by Crippen LogP contribution is 2.48. The Labute approximate surface area is 157 Å². The zero-order valence-corrected chi connectivity index (χ0v) is 15.9. The zero-order valence-electron chi connectivity index (χ0n) is 14.3. The molecule has 0 amide bonds. The van der Waals surface area contributed by atoms with E-state index in [9.17, 15) is 5.11 Å². The molecule has 2 aromatic rings. The summed E-state index contributed by atoms with van der Waals surface area (Å²) in [6.45, 7) is 5.10. The number of hydrogen-bond acceptors (Lipinski definition) is 5. The largest absolute Gasteiger partial charge is 0.386 e. The monoisotopic (exact) mass is 379 g/mol. The van der Waals surface area contributed by atoms with Gasteiger partial charge < -0.3 is 19.5 Å². The van der Waals surface area contributed by atoms with E-state index in [0.717, 1.165) is 21.2 Å². The molecule has 0 unspecified atom stereocenters. The molecule has 1 aliphatic rings. The van der Waals surface area contributed by atoms with Gasteiger partial charge in [-0.15, -0.1) is 0 Å². The van der Waals surface area contributed by atoms with E-state index >= 15 is 0 Å². The topological polar surface area (TPSA) is 41.9 Å². The van der Waals surface area contributed by atoms with Crippen LogP contribution in [0.1, 0.15) is 13.8 Å². The normalized spacial score (nSPS) is 14.4. The van der Waals surface area contributed by atoms with Crippen molar-refractivity contribution in [2.24, 2.45) is 0 Å². The SMILES string of the molecule is CCOC(OCC)[C@H](O)CN1c2ccccc2Sc2ccc(Cl)cc21. The minimum absolute atomic E-state index is 0.357. The van der Waals surface area contributed by atoms with Crippen LogP contribution in [0.4, 0.5) is 11.4 Å². The first-order valence-corrected chi connectivity index (χ1v) is 9.58. The molecule has 0 saturated heterocycles. The Morgan fingerprint density at radius 3 is 2.44 bits per heavy atom. The van der Waals surface area contributed by atoms with E-state index in [4.69, 9.17) is 21.1 Å². The Hall–Kier alpha value is -1.24. The van der Waals surface area contributed by atoms with Gasteiger partial charge in [0.25, 0.3) is 0 Å². The number of aliphatic hydroxyl groups is 1. The van der Waals surface area contributed by atoms with Crippen molar-refractivity contribution in [1.82, 2.24) is 0 Å². The third-order valence-corrected chi connectivity index (χ3v) is 5.30. The summed E-state index contributed by atoms with van der Waals surface area (Å²) < 4.78 is 11.1. The van der Waals surface area contributed by atoms with Gasteiger partial charge in [0.1, 0.15) is 6.10 Å². The predicted octanol–water partition coefficient (Wildman–Crippen LogP) is 4.70. The van der Waals surface area contributed by atoms with Crippen molar-refractivity contribution in [1.29, 1.82) is 0 Å². The first kappa shape index (κ1) is 18.5. The number of benzene rings is 2. The standard InChI is InChI=1S/C19H22ClNO3S/c1-3-23-19(24-4-2)16(22)12-21-14-7-5-6-8-17(14)25-18-10-9-13(20)11-15(18)21/h5-11,16,19,22H,3-4,12H2,1-2H3/t16-/m1/s1. The number of aliphatic hydroxyl groups excluding tert-OH is 1. The summed E-state index contributed by atoms with van der Waals surface area (Å²) >= 11 is 7.93. The van der Waals surface area contributed by atoms with Crippen molar-refractivity contribution < 1.29 is 14.6 Å². The fourth-order valence-corrected chi connectivity index (χ4v) is 4.11. The van der Waals surface area contributed by atoms with Crippen LogP contribution in [0.5, 0.6) is 0 Å². The number of hydrogen-bond donors (Lipinski definition) is 1. The average molecular weight is 380 g/mol. The second-order valence-corrected chi connectivity index (χ2v) is 7.16. The van der Waals surface area contributed by atoms with Crippen LogP contribution in [0, 0.1) is 0 Å². The highest BCUT2D eigenvalue weighted by atomic mass is 35.5. The minimum Gasteiger partial charge on any atom is -0.386 e. The second-order valence-electron chi connectivity index (χ2n) is 5.64. The first-order chi connectivity index (χ1) is 12.1. The molecular weight excluding hydrogens is 358 g/mol. The molecule has 0 saturated carbocycles. The van der Waals surface area contributed by atoms with Crippen molar-refractivity contribution >= 4 is 34.7 Å². The van der Waals surface area contributed by atoms with Gasteiger partial charge in [-0.3, -0.25) is 0 Å². The molecule has 0 spiro atoms. The molecule has 4 nitrogen and oxygen atoms in total. The van der Waals surface area contributed by atoms with Crippen molar-refractivity contribution in [2.45, 2.75) is 36.0 Å². The molecule has 1 heterocycles. The highest BCUT2D eigenvalue weighted by molar-refractivity contribution is 7.99. The fourth-order valence-electron chi connectivity index (χ4n) is 2.87. The molecule has 1 atom stereocenters. The van der Waals surface area contributed by atoms with Gasteiger partial charge in [-0.25, -0.2) is 0 Å². The molecule has 1 N–H and O–H groups in total. The summed E-state index contributed by atoms with van der Waals surface area (Å²) in [5.74, 6) is 0. The van der Waals surface area contributed by atoms with E-state index in [-0.39, 0.29) is 0 Å². The van der Waals surface area contributed by atoms with Crippen molar-refractivity contribution in [3.63, 3.8) is 0 Å². The van der Waals surface area contributed by atoms with Gasteiger partial charge in [-0.2, -0.15) is 0 Å². The molecule has 134 valence electrons. The van der Waals surface area contributed by atoms with E-state index < -0.39 is 12.4 Å². The van der Waals surface area contributed by atoms with Gasteiger partial charge in [-0.05, 0) is 44.2 Å².